The number of aromatic amines is 1. The number of hydrogen-bond acceptors (Lipinski definition) is 5. The lowest BCUT2D eigenvalue weighted by Crippen LogP contribution is -2.31. The van der Waals surface area contributed by atoms with E-state index in [0.717, 1.165) is 11.3 Å². The molecule has 0 amide bonds. The molecule has 1 aliphatic carbocycles. The quantitative estimate of drug-likeness (QED) is 0.756. The van der Waals surface area contributed by atoms with Crippen LogP contribution < -0.4 is 16.0 Å². The van der Waals surface area contributed by atoms with Crippen LogP contribution in [-0.2, 0) is 13.5 Å². The van der Waals surface area contributed by atoms with Crippen molar-refractivity contribution in [3.63, 3.8) is 0 Å². The molecule has 2 heterocycles. The molecule has 4 rings (SSSR count). The molecule has 0 saturated heterocycles. The standard InChI is InChI=1S/C19H17N3O4/c1-22-17-16(18(24)21-19(22)25)13-7-11(8-15(23)14(13)9-20-17)10-3-5-12(26-2)6-4-10/h3-6,9,11H,7-8H2,1-2H3,(H,21,24,25)/t11-/m0/s1. The molecule has 7 heteroatoms. The minimum absolute atomic E-state index is 0.0388. The van der Waals surface area contributed by atoms with E-state index in [1.807, 2.05) is 24.3 Å². The summed E-state index contributed by atoms with van der Waals surface area (Å²) in [7, 11) is 3.15. The molecule has 0 spiro atoms. The van der Waals surface area contributed by atoms with Gasteiger partial charge >= 0.3 is 5.69 Å². The number of nitrogens with one attached hydrogen (secondary N) is 1. The topological polar surface area (TPSA) is 94.1 Å². The van der Waals surface area contributed by atoms with E-state index < -0.39 is 11.2 Å². The van der Waals surface area contributed by atoms with Gasteiger partial charge in [-0.15, -0.1) is 0 Å². The molecule has 1 aliphatic rings. The number of hydrogen-bond donors (Lipinski definition) is 1. The average molecular weight is 351 g/mol. The third-order valence-corrected chi connectivity index (χ3v) is 5.01. The number of pyridine rings is 1. The predicted molar refractivity (Wildman–Crippen MR) is 96.0 cm³/mol. The number of ether oxygens (including phenoxy) is 1. The first-order valence-corrected chi connectivity index (χ1v) is 8.27. The van der Waals surface area contributed by atoms with Gasteiger partial charge in [-0.3, -0.25) is 19.1 Å². The number of nitrogens with zero attached hydrogens (tertiary/aromatic N) is 2. The Morgan fingerprint density at radius 1 is 1.15 bits per heavy atom. The first kappa shape index (κ1) is 16.3. The minimum atomic E-state index is -0.524. The Labute approximate surface area is 148 Å². The highest BCUT2D eigenvalue weighted by Gasteiger charge is 2.29. The van der Waals surface area contributed by atoms with E-state index in [0.29, 0.717) is 35.0 Å². The molecule has 0 unspecified atom stereocenters. The second-order valence-electron chi connectivity index (χ2n) is 6.47. The number of carbonyl (C=O) groups is 1. The van der Waals surface area contributed by atoms with E-state index in [4.69, 9.17) is 4.74 Å². The summed E-state index contributed by atoms with van der Waals surface area (Å²) in [5.41, 5.74) is 1.39. The Hall–Kier alpha value is -3.22. The Morgan fingerprint density at radius 3 is 2.58 bits per heavy atom. The molecule has 1 N–H and O–H groups in total. The van der Waals surface area contributed by atoms with Crippen molar-refractivity contribution in [3.8, 4) is 5.75 Å². The molecule has 0 saturated carbocycles. The minimum Gasteiger partial charge on any atom is -0.497 e. The number of aryl methyl sites for hydroxylation is 1. The van der Waals surface area contributed by atoms with E-state index in [1.165, 1.54) is 10.8 Å². The molecule has 0 bridgehead atoms. The van der Waals surface area contributed by atoms with Crippen LogP contribution in [0.2, 0.25) is 0 Å². The zero-order valence-electron chi connectivity index (χ0n) is 14.4. The largest absolute Gasteiger partial charge is 0.497 e. The van der Waals surface area contributed by atoms with Crippen LogP contribution in [0.3, 0.4) is 0 Å². The first-order chi connectivity index (χ1) is 12.5. The monoisotopic (exact) mass is 351 g/mol. The Bertz CT molecular complexity index is 1140. The van der Waals surface area contributed by atoms with Crippen molar-refractivity contribution < 1.29 is 9.53 Å². The van der Waals surface area contributed by atoms with Crippen LogP contribution in [-0.4, -0.2) is 27.4 Å². The molecule has 2 aromatic heterocycles. The van der Waals surface area contributed by atoms with Crippen molar-refractivity contribution in [2.24, 2.45) is 7.05 Å². The summed E-state index contributed by atoms with van der Waals surface area (Å²) in [4.78, 5) is 43.4. The van der Waals surface area contributed by atoms with E-state index in [-0.39, 0.29) is 11.7 Å². The van der Waals surface area contributed by atoms with Crippen molar-refractivity contribution in [1.29, 1.82) is 0 Å². The fourth-order valence-corrected chi connectivity index (χ4v) is 3.59. The summed E-state index contributed by atoms with van der Waals surface area (Å²) in [5, 5.41) is 0.316. The summed E-state index contributed by atoms with van der Waals surface area (Å²) in [6.07, 6.45) is 2.37. The SMILES string of the molecule is COc1ccc([C@@H]2CC(=O)c3cnc4c(c3C2)c(=O)[nH]c(=O)n4C)cc1. The van der Waals surface area contributed by atoms with Crippen molar-refractivity contribution in [2.75, 3.05) is 7.11 Å². The van der Waals surface area contributed by atoms with Crippen LogP contribution in [0, 0.1) is 0 Å². The molecule has 26 heavy (non-hydrogen) atoms. The second-order valence-corrected chi connectivity index (χ2v) is 6.47. The van der Waals surface area contributed by atoms with Crippen LogP contribution in [0.15, 0.2) is 40.1 Å². The zero-order valence-corrected chi connectivity index (χ0v) is 14.4. The third kappa shape index (κ3) is 2.44. The molecule has 0 aliphatic heterocycles. The molecular formula is C19H17N3O4. The van der Waals surface area contributed by atoms with Crippen LogP contribution in [0.5, 0.6) is 5.75 Å². The molecule has 0 fully saturated rings. The van der Waals surface area contributed by atoms with Gasteiger partial charge in [0, 0.05) is 25.2 Å². The number of carbonyl (C=O) groups excluding carboxylic acids is 1. The van der Waals surface area contributed by atoms with Gasteiger partial charge in [-0.1, -0.05) is 12.1 Å². The number of Topliss-reactive ketones (excluding diaryl/α,β-unsaturated/α-hetero) is 1. The van der Waals surface area contributed by atoms with Gasteiger partial charge in [0.1, 0.15) is 11.4 Å². The summed E-state index contributed by atoms with van der Waals surface area (Å²) in [6, 6.07) is 7.59. The van der Waals surface area contributed by atoms with Crippen molar-refractivity contribution in [1.82, 2.24) is 14.5 Å². The molecule has 132 valence electrons. The Kier molecular flexibility index (Phi) is 3.72. The maximum Gasteiger partial charge on any atom is 0.329 e. The van der Waals surface area contributed by atoms with Crippen molar-refractivity contribution in [2.45, 2.75) is 18.8 Å². The van der Waals surface area contributed by atoms with E-state index >= 15 is 0 Å². The number of fused-ring (bicyclic) bond motifs is 3. The normalized spacial score (nSPS) is 16.5. The van der Waals surface area contributed by atoms with Crippen LogP contribution in [0.1, 0.15) is 33.8 Å². The zero-order chi connectivity index (χ0) is 18.4. The van der Waals surface area contributed by atoms with Gasteiger partial charge in [0.05, 0.1) is 12.5 Å². The van der Waals surface area contributed by atoms with Gasteiger partial charge in [-0.05, 0) is 35.6 Å². The first-order valence-electron chi connectivity index (χ1n) is 8.27. The fraction of sp³-hybridized carbons (Fsp3) is 0.263. The number of H-pyrrole nitrogens is 1. The highest BCUT2D eigenvalue weighted by atomic mass is 16.5. The number of ketones is 1. The lowest BCUT2D eigenvalue weighted by molar-refractivity contribution is 0.0964. The molecule has 1 aromatic carbocycles. The summed E-state index contributed by atoms with van der Waals surface area (Å²) >= 11 is 0. The lowest BCUT2D eigenvalue weighted by Gasteiger charge is -2.25. The van der Waals surface area contributed by atoms with E-state index in [2.05, 4.69) is 9.97 Å². The number of rotatable bonds is 2. The van der Waals surface area contributed by atoms with E-state index in [9.17, 15) is 14.4 Å². The summed E-state index contributed by atoms with van der Waals surface area (Å²) < 4.78 is 6.47. The molecule has 1 atom stereocenters. The highest BCUT2D eigenvalue weighted by Crippen LogP contribution is 2.35. The third-order valence-electron chi connectivity index (χ3n) is 5.01. The van der Waals surface area contributed by atoms with E-state index in [1.54, 1.807) is 14.2 Å². The summed E-state index contributed by atoms with van der Waals surface area (Å²) in [5.74, 6) is 0.662. The van der Waals surface area contributed by atoms with Gasteiger partial charge in [-0.25, -0.2) is 9.78 Å². The van der Waals surface area contributed by atoms with Crippen LogP contribution in [0.25, 0.3) is 11.0 Å². The second kappa shape index (κ2) is 5.94. The molecular weight excluding hydrogens is 334 g/mol. The van der Waals surface area contributed by atoms with Gasteiger partial charge < -0.3 is 4.74 Å². The maximum absolute atomic E-state index is 12.7. The Balaban J connectivity index is 1.89. The maximum atomic E-state index is 12.7. The highest BCUT2D eigenvalue weighted by molar-refractivity contribution is 6.02. The number of aromatic nitrogens is 3. The van der Waals surface area contributed by atoms with Crippen LogP contribution >= 0.6 is 0 Å². The number of benzene rings is 1. The van der Waals surface area contributed by atoms with Gasteiger partial charge in [0.15, 0.2) is 5.78 Å². The van der Waals surface area contributed by atoms with Gasteiger partial charge in [0.2, 0.25) is 0 Å². The lowest BCUT2D eigenvalue weighted by atomic mass is 9.79. The van der Waals surface area contributed by atoms with Gasteiger partial charge in [0.25, 0.3) is 5.56 Å². The molecule has 7 nitrogen and oxygen atoms in total. The fourth-order valence-electron chi connectivity index (χ4n) is 3.59. The predicted octanol–water partition coefficient (Wildman–Crippen LogP) is 1.54. The smallest absolute Gasteiger partial charge is 0.329 e. The average Bonchev–Trinajstić information content (AvgIpc) is 2.65. The van der Waals surface area contributed by atoms with Crippen molar-refractivity contribution in [3.05, 3.63) is 68.0 Å². The van der Waals surface area contributed by atoms with Crippen molar-refractivity contribution >= 4 is 16.8 Å². The molecule has 3 aromatic rings. The van der Waals surface area contributed by atoms with Crippen LogP contribution in [0.4, 0.5) is 0 Å². The van der Waals surface area contributed by atoms with Gasteiger partial charge in [-0.2, -0.15) is 0 Å². The Morgan fingerprint density at radius 2 is 1.88 bits per heavy atom. The number of methoxy groups -OCH3 is 1. The molecule has 0 radical (unpaired) electrons. The summed E-state index contributed by atoms with van der Waals surface area (Å²) in [6.45, 7) is 0.